The van der Waals surface area contributed by atoms with Gasteiger partial charge in [-0.05, 0) is 11.0 Å². The minimum Gasteiger partial charge on any atom is -0.207 e. The summed E-state index contributed by atoms with van der Waals surface area (Å²) < 4.78 is 39.6. The minimum atomic E-state index is -0.907. The van der Waals surface area contributed by atoms with Gasteiger partial charge in [0.05, 0.1) is 0 Å². The first-order valence-corrected chi connectivity index (χ1v) is 5.45. The van der Waals surface area contributed by atoms with Crippen molar-refractivity contribution in [2.75, 3.05) is 0 Å². The van der Waals surface area contributed by atoms with Crippen LogP contribution in [-0.2, 0) is 0 Å². The molecule has 0 spiro atoms. The van der Waals surface area contributed by atoms with Crippen LogP contribution in [-0.4, -0.2) is 7.28 Å². The molecule has 0 saturated carbocycles. The molecule has 0 aliphatic rings. The van der Waals surface area contributed by atoms with Crippen molar-refractivity contribution in [2.45, 2.75) is 0 Å². The highest BCUT2D eigenvalue weighted by Gasteiger charge is 2.13. The molecule has 0 heterocycles. The molecule has 0 aliphatic heterocycles. The van der Waals surface area contributed by atoms with E-state index in [2.05, 4.69) is 6.58 Å². The Bertz CT molecular complexity index is 553. The molecule has 0 unspecified atom stereocenters. The van der Waals surface area contributed by atoms with Crippen LogP contribution in [0.4, 0.5) is 13.2 Å². The molecule has 0 nitrogen and oxygen atoms in total. The Kier molecular flexibility index (Phi) is 3.56. The second-order valence-electron chi connectivity index (χ2n) is 3.97. The van der Waals surface area contributed by atoms with Gasteiger partial charge in [0.1, 0.15) is 17.5 Å². The lowest BCUT2D eigenvalue weighted by atomic mass is 9.63. The predicted octanol–water partition coefficient (Wildman–Crippen LogP) is 2.13. The van der Waals surface area contributed by atoms with Crippen LogP contribution in [0.1, 0.15) is 5.56 Å². The average Bonchev–Trinajstić information content (AvgIpc) is 2.34. The number of hydrogen-bond acceptors (Lipinski definition) is 0. The maximum atomic E-state index is 13.4. The van der Waals surface area contributed by atoms with Crippen LogP contribution < -0.4 is 10.9 Å². The van der Waals surface area contributed by atoms with E-state index < -0.39 is 17.5 Å². The van der Waals surface area contributed by atoms with E-state index in [1.165, 1.54) is 0 Å². The predicted molar refractivity (Wildman–Crippen MR) is 69.3 cm³/mol. The fourth-order valence-corrected chi connectivity index (χ4v) is 1.72. The first-order valence-electron chi connectivity index (χ1n) is 5.45. The van der Waals surface area contributed by atoms with E-state index in [0.717, 1.165) is 11.0 Å². The van der Waals surface area contributed by atoms with Gasteiger partial charge in [0, 0.05) is 12.1 Å². The van der Waals surface area contributed by atoms with E-state index in [0.29, 0.717) is 12.1 Å². The Morgan fingerprint density at radius 3 is 2.00 bits per heavy atom. The molecule has 4 heteroatoms. The molecular weight excluding hydrogens is 236 g/mol. The average molecular weight is 246 g/mol. The Morgan fingerprint density at radius 1 is 0.944 bits per heavy atom. The van der Waals surface area contributed by atoms with E-state index in [1.807, 2.05) is 12.1 Å². The van der Waals surface area contributed by atoms with Crippen LogP contribution in [0.2, 0.25) is 0 Å². The second kappa shape index (κ2) is 5.13. The topological polar surface area (TPSA) is 0 Å². The molecular formula is C14H10BF3. The highest BCUT2D eigenvalue weighted by atomic mass is 19.1. The monoisotopic (exact) mass is 246 g/mol. The van der Waals surface area contributed by atoms with Gasteiger partial charge in [-0.2, -0.15) is 0 Å². The zero-order chi connectivity index (χ0) is 13.1. The van der Waals surface area contributed by atoms with Gasteiger partial charge in [-0.15, -0.1) is 0 Å². The summed E-state index contributed by atoms with van der Waals surface area (Å²) in [6, 6.07) is 8.52. The van der Waals surface area contributed by atoms with Gasteiger partial charge in [0.15, 0.2) is 7.28 Å². The summed E-state index contributed by atoms with van der Waals surface area (Å²) in [5, 5.41) is 0. The largest absolute Gasteiger partial charge is 0.207 e. The highest BCUT2D eigenvalue weighted by molar-refractivity contribution is 6.67. The SMILES string of the molecule is C=Cc1ccc(Bc2c(F)cc(F)cc2F)cc1. The third kappa shape index (κ3) is 2.64. The van der Waals surface area contributed by atoms with Crippen molar-refractivity contribution in [3.05, 3.63) is 66.0 Å². The van der Waals surface area contributed by atoms with Gasteiger partial charge in [0.25, 0.3) is 0 Å². The molecule has 0 bridgehead atoms. The van der Waals surface area contributed by atoms with Gasteiger partial charge in [-0.25, -0.2) is 13.2 Å². The Labute approximate surface area is 104 Å². The normalized spacial score (nSPS) is 10.2. The van der Waals surface area contributed by atoms with E-state index in [4.69, 9.17) is 0 Å². The van der Waals surface area contributed by atoms with Gasteiger partial charge in [-0.3, -0.25) is 0 Å². The van der Waals surface area contributed by atoms with Crippen LogP contribution in [0.25, 0.3) is 6.08 Å². The Morgan fingerprint density at radius 2 is 1.50 bits per heavy atom. The fraction of sp³-hybridized carbons (Fsp3) is 0. The molecule has 0 atom stereocenters. The number of hydrogen-bond donors (Lipinski definition) is 0. The molecule has 2 aromatic carbocycles. The zero-order valence-electron chi connectivity index (χ0n) is 9.59. The summed E-state index contributed by atoms with van der Waals surface area (Å²) >= 11 is 0. The fourth-order valence-electron chi connectivity index (χ4n) is 1.72. The standard InChI is InChI=1S/C14H10BF3/c1-2-9-3-5-10(6-4-9)15-14-12(17)7-11(16)8-13(14)18/h2-8,15H,1H2. The number of halogens is 3. The van der Waals surface area contributed by atoms with E-state index in [-0.39, 0.29) is 12.7 Å². The van der Waals surface area contributed by atoms with Crippen molar-refractivity contribution in [2.24, 2.45) is 0 Å². The lowest BCUT2D eigenvalue weighted by molar-refractivity contribution is 0.553. The van der Waals surface area contributed by atoms with Crippen molar-refractivity contribution >= 4 is 24.3 Å². The lowest BCUT2D eigenvalue weighted by Crippen LogP contribution is -2.32. The molecule has 0 amide bonds. The second-order valence-corrected chi connectivity index (χ2v) is 3.97. The summed E-state index contributed by atoms with van der Waals surface area (Å²) in [5.41, 5.74) is 1.56. The van der Waals surface area contributed by atoms with Crippen molar-refractivity contribution < 1.29 is 13.2 Å². The maximum Gasteiger partial charge on any atom is 0.199 e. The third-order valence-electron chi connectivity index (χ3n) is 2.70. The molecule has 0 N–H and O–H groups in total. The van der Waals surface area contributed by atoms with Crippen LogP contribution in [0, 0.1) is 17.5 Å². The molecule has 0 saturated heterocycles. The van der Waals surface area contributed by atoms with Gasteiger partial charge < -0.3 is 0 Å². The van der Waals surface area contributed by atoms with Gasteiger partial charge >= 0.3 is 0 Å². The smallest absolute Gasteiger partial charge is 0.199 e. The summed E-state index contributed by atoms with van der Waals surface area (Å²) in [7, 11) is 0.0926. The maximum absolute atomic E-state index is 13.4. The molecule has 0 radical (unpaired) electrons. The Hall–Kier alpha value is -1.97. The lowest BCUT2D eigenvalue weighted by Gasteiger charge is -2.05. The van der Waals surface area contributed by atoms with E-state index in [1.54, 1.807) is 18.2 Å². The van der Waals surface area contributed by atoms with Crippen molar-refractivity contribution in [3.8, 4) is 0 Å². The van der Waals surface area contributed by atoms with Crippen molar-refractivity contribution in [1.82, 2.24) is 0 Å². The molecule has 0 aromatic heterocycles. The van der Waals surface area contributed by atoms with Gasteiger partial charge in [-0.1, -0.05) is 42.4 Å². The molecule has 90 valence electrons. The summed E-state index contributed by atoms with van der Waals surface area (Å²) in [6.45, 7) is 3.62. The number of benzene rings is 2. The number of rotatable bonds is 3. The quantitative estimate of drug-likeness (QED) is 0.728. The van der Waals surface area contributed by atoms with Crippen LogP contribution in [0.5, 0.6) is 0 Å². The van der Waals surface area contributed by atoms with Crippen molar-refractivity contribution in [3.63, 3.8) is 0 Å². The molecule has 18 heavy (non-hydrogen) atoms. The van der Waals surface area contributed by atoms with E-state index >= 15 is 0 Å². The third-order valence-corrected chi connectivity index (χ3v) is 2.70. The minimum absolute atomic E-state index is 0.0926. The highest BCUT2D eigenvalue weighted by Crippen LogP contribution is 2.04. The first kappa shape index (κ1) is 12.5. The Balaban J connectivity index is 2.30. The molecule has 0 aliphatic carbocycles. The summed E-state index contributed by atoms with van der Waals surface area (Å²) in [4.78, 5) is 0. The molecule has 2 aromatic rings. The zero-order valence-corrected chi connectivity index (χ0v) is 9.59. The van der Waals surface area contributed by atoms with Gasteiger partial charge in [0.2, 0.25) is 0 Å². The van der Waals surface area contributed by atoms with Crippen LogP contribution >= 0.6 is 0 Å². The van der Waals surface area contributed by atoms with Crippen LogP contribution in [0.15, 0.2) is 43.0 Å². The van der Waals surface area contributed by atoms with E-state index in [9.17, 15) is 13.2 Å². The summed E-state index contributed by atoms with van der Waals surface area (Å²) in [5.74, 6) is -2.63. The molecule has 0 fully saturated rings. The summed E-state index contributed by atoms with van der Waals surface area (Å²) in [6.07, 6.45) is 1.68. The van der Waals surface area contributed by atoms with Crippen LogP contribution in [0.3, 0.4) is 0 Å². The first-order chi connectivity index (χ1) is 8.60. The van der Waals surface area contributed by atoms with Crippen molar-refractivity contribution in [1.29, 1.82) is 0 Å². The molecule has 2 rings (SSSR count).